The van der Waals surface area contributed by atoms with Gasteiger partial charge in [0.05, 0.1) is 11.1 Å². The molecule has 0 bridgehead atoms. The van der Waals surface area contributed by atoms with Crippen LogP contribution in [-0.4, -0.2) is 46.2 Å². The maximum absolute atomic E-state index is 12.1. The van der Waals surface area contributed by atoms with Crippen LogP contribution in [0.5, 0.6) is 0 Å². The molecule has 138 valence electrons. The molecule has 0 aromatic carbocycles. The summed E-state index contributed by atoms with van der Waals surface area (Å²) in [5.41, 5.74) is 7.51. The number of nitrogen functional groups attached to an aromatic ring is 1. The van der Waals surface area contributed by atoms with E-state index in [1.165, 1.54) is 35.0 Å². The number of nitrogens with two attached hydrogens (primary N) is 1. The lowest BCUT2D eigenvalue weighted by molar-refractivity contribution is -0.118. The zero-order valence-corrected chi connectivity index (χ0v) is 16.3. The molecule has 1 amide bonds. The number of allylic oxidation sites excluding steroid dienone is 1. The maximum Gasteiger partial charge on any atom is 0.230 e. The molecule has 3 N–H and O–H groups in total. The summed E-state index contributed by atoms with van der Waals surface area (Å²) in [5, 5.41) is 4.58. The van der Waals surface area contributed by atoms with Gasteiger partial charge in [-0.25, -0.2) is 9.97 Å². The Hall–Kier alpha value is -1.80. The highest BCUT2D eigenvalue weighted by molar-refractivity contribution is 7.99. The molecule has 3 heterocycles. The van der Waals surface area contributed by atoms with Crippen LogP contribution in [0.15, 0.2) is 17.4 Å². The lowest BCUT2D eigenvalue weighted by Crippen LogP contribution is -2.34. The number of fused-ring (bicyclic) bond motifs is 3. The second kappa shape index (κ2) is 7.84. The highest BCUT2D eigenvalue weighted by atomic mass is 32.2. The van der Waals surface area contributed by atoms with Crippen molar-refractivity contribution in [3.8, 4) is 0 Å². The molecule has 6 nitrogen and oxygen atoms in total. The molecule has 0 spiro atoms. The number of nitrogens with one attached hydrogen (secondary N) is 1. The number of anilines is 1. The number of hydrogen-bond acceptors (Lipinski definition) is 7. The van der Waals surface area contributed by atoms with Gasteiger partial charge < -0.3 is 16.0 Å². The summed E-state index contributed by atoms with van der Waals surface area (Å²) < 4.78 is 0. The van der Waals surface area contributed by atoms with Gasteiger partial charge >= 0.3 is 0 Å². The number of carbonyl (C=O) groups is 1. The Balaban J connectivity index is 1.30. The van der Waals surface area contributed by atoms with Gasteiger partial charge in [0.2, 0.25) is 5.91 Å². The smallest absolute Gasteiger partial charge is 0.230 e. The van der Waals surface area contributed by atoms with E-state index in [-0.39, 0.29) is 5.91 Å². The number of thiophene rings is 1. The maximum atomic E-state index is 12.1. The predicted molar refractivity (Wildman–Crippen MR) is 108 cm³/mol. The number of aromatic nitrogens is 2. The monoisotopic (exact) mass is 389 g/mol. The molecule has 1 aliphatic heterocycles. The van der Waals surface area contributed by atoms with Gasteiger partial charge in [0, 0.05) is 24.5 Å². The molecule has 0 fully saturated rings. The van der Waals surface area contributed by atoms with Gasteiger partial charge in [0.15, 0.2) is 5.16 Å². The summed E-state index contributed by atoms with van der Waals surface area (Å²) in [6.45, 7) is 2.57. The molecule has 0 radical (unpaired) electrons. The van der Waals surface area contributed by atoms with Crippen molar-refractivity contribution in [2.45, 2.75) is 37.3 Å². The zero-order chi connectivity index (χ0) is 17.9. The Morgan fingerprint density at radius 2 is 2.27 bits per heavy atom. The van der Waals surface area contributed by atoms with E-state index in [1.807, 2.05) is 0 Å². The van der Waals surface area contributed by atoms with Gasteiger partial charge in [0.1, 0.15) is 10.6 Å². The van der Waals surface area contributed by atoms with E-state index >= 15 is 0 Å². The summed E-state index contributed by atoms with van der Waals surface area (Å²) in [6.07, 6.45) is 10.0. The van der Waals surface area contributed by atoms with Crippen LogP contribution in [0.2, 0.25) is 0 Å². The third-order valence-corrected chi connectivity index (χ3v) is 6.79. The van der Waals surface area contributed by atoms with E-state index in [2.05, 4.69) is 32.5 Å². The topological polar surface area (TPSA) is 84.1 Å². The summed E-state index contributed by atoms with van der Waals surface area (Å²) in [5.74, 6) is 0.868. The standard InChI is InChI=1S/C18H23N5OS2/c19-16-15-12-5-4-6-13(12)26-17(15)22-18(21-16)25-11-14(24)20-7-10-23-8-2-1-3-9-23/h2,8H,1,3-7,9-11H2,(H,20,24)(H2,19,21,22). The van der Waals surface area contributed by atoms with Crippen LogP contribution in [0, 0.1) is 0 Å². The highest BCUT2D eigenvalue weighted by Gasteiger charge is 2.21. The molecule has 0 unspecified atom stereocenters. The number of amides is 1. The van der Waals surface area contributed by atoms with Crippen LogP contribution < -0.4 is 11.1 Å². The zero-order valence-electron chi connectivity index (χ0n) is 14.7. The van der Waals surface area contributed by atoms with E-state index in [0.29, 0.717) is 23.3 Å². The van der Waals surface area contributed by atoms with Crippen molar-refractivity contribution < 1.29 is 4.79 Å². The molecular formula is C18H23N5OS2. The van der Waals surface area contributed by atoms with E-state index in [4.69, 9.17) is 5.73 Å². The van der Waals surface area contributed by atoms with Crippen LogP contribution in [0.1, 0.15) is 29.7 Å². The predicted octanol–water partition coefficient (Wildman–Crippen LogP) is 2.58. The summed E-state index contributed by atoms with van der Waals surface area (Å²) >= 11 is 3.07. The van der Waals surface area contributed by atoms with E-state index in [1.54, 1.807) is 11.3 Å². The number of thioether (sulfide) groups is 1. The third-order valence-electron chi connectivity index (χ3n) is 4.76. The molecule has 0 saturated carbocycles. The van der Waals surface area contributed by atoms with Crippen molar-refractivity contribution in [3.05, 3.63) is 22.7 Å². The lowest BCUT2D eigenvalue weighted by Gasteiger charge is -2.23. The van der Waals surface area contributed by atoms with E-state index in [9.17, 15) is 4.79 Å². The molecule has 2 aromatic rings. The van der Waals surface area contributed by atoms with Crippen LogP contribution in [0.4, 0.5) is 5.82 Å². The van der Waals surface area contributed by atoms with Crippen molar-refractivity contribution in [2.75, 3.05) is 31.1 Å². The Bertz CT molecular complexity index is 848. The van der Waals surface area contributed by atoms with E-state index in [0.717, 1.165) is 42.6 Å². The quantitative estimate of drug-likeness (QED) is 0.584. The first-order valence-electron chi connectivity index (χ1n) is 9.08. The summed E-state index contributed by atoms with van der Waals surface area (Å²) in [4.78, 5) is 25.7. The fourth-order valence-electron chi connectivity index (χ4n) is 3.48. The second-order valence-corrected chi connectivity index (χ2v) is 8.66. The van der Waals surface area contributed by atoms with Crippen LogP contribution in [0.3, 0.4) is 0 Å². The fraction of sp³-hybridized carbons (Fsp3) is 0.500. The van der Waals surface area contributed by atoms with Gasteiger partial charge in [-0.3, -0.25) is 4.79 Å². The number of hydrogen-bond donors (Lipinski definition) is 2. The Kier molecular flexibility index (Phi) is 5.31. The van der Waals surface area contributed by atoms with Crippen molar-refractivity contribution in [1.29, 1.82) is 0 Å². The van der Waals surface area contributed by atoms with Crippen LogP contribution in [0.25, 0.3) is 10.2 Å². The Morgan fingerprint density at radius 1 is 1.35 bits per heavy atom. The molecular weight excluding hydrogens is 366 g/mol. The van der Waals surface area contributed by atoms with Gasteiger partial charge in [0.25, 0.3) is 0 Å². The number of carbonyl (C=O) groups excluding carboxylic acids is 1. The van der Waals surface area contributed by atoms with Crippen molar-refractivity contribution >= 4 is 45.0 Å². The van der Waals surface area contributed by atoms with E-state index < -0.39 is 0 Å². The number of nitrogens with zero attached hydrogens (tertiary/aromatic N) is 3. The molecule has 8 heteroatoms. The normalized spacial score (nSPS) is 16.2. The number of rotatable bonds is 6. The number of aryl methyl sites for hydroxylation is 2. The van der Waals surface area contributed by atoms with Crippen LogP contribution >= 0.6 is 23.1 Å². The fourth-order valence-corrected chi connectivity index (χ4v) is 5.49. The van der Waals surface area contributed by atoms with Gasteiger partial charge in [-0.1, -0.05) is 17.8 Å². The minimum absolute atomic E-state index is 0.00642. The first kappa shape index (κ1) is 17.6. The van der Waals surface area contributed by atoms with Crippen molar-refractivity contribution in [2.24, 2.45) is 0 Å². The minimum atomic E-state index is 0.00642. The summed E-state index contributed by atoms with van der Waals surface area (Å²) in [7, 11) is 0. The average molecular weight is 390 g/mol. The summed E-state index contributed by atoms with van der Waals surface area (Å²) in [6, 6.07) is 0. The molecule has 2 aromatic heterocycles. The second-order valence-electron chi connectivity index (χ2n) is 6.63. The molecule has 0 atom stereocenters. The molecule has 1 aliphatic carbocycles. The van der Waals surface area contributed by atoms with Gasteiger partial charge in [-0.15, -0.1) is 11.3 Å². The van der Waals surface area contributed by atoms with Crippen LogP contribution in [-0.2, 0) is 17.6 Å². The van der Waals surface area contributed by atoms with Crippen molar-refractivity contribution in [3.63, 3.8) is 0 Å². The SMILES string of the molecule is Nc1nc(SCC(=O)NCCN2C=CCCC2)nc2sc3c(c12)CCC3. The molecule has 26 heavy (non-hydrogen) atoms. The molecule has 0 saturated heterocycles. The first-order valence-corrected chi connectivity index (χ1v) is 10.9. The lowest BCUT2D eigenvalue weighted by atomic mass is 10.2. The largest absolute Gasteiger partial charge is 0.383 e. The highest BCUT2D eigenvalue weighted by Crippen LogP contribution is 2.39. The minimum Gasteiger partial charge on any atom is -0.383 e. The third kappa shape index (κ3) is 3.81. The van der Waals surface area contributed by atoms with Gasteiger partial charge in [-0.05, 0) is 43.9 Å². The Labute approximate surface area is 161 Å². The Morgan fingerprint density at radius 3 is 3.12 bits per heavy atom. The first-order chi connectivity index (χ1) is 12.7. The van der Waals surface area contributed by atoms with Gasteiger partial charge in [-0.2, -0.15) is 0 Å². The van der Waals surface area contributed by atoms with Crippen molar-refractivity contribution in [1.82, 2.24) is 20.2 Å². The molecule has 4 rings (SSSR count). The molecule has 2 aliphatic rings. The average Bonchev–Trinajstić information content (AvgIpc) is 3.21.